The number of benzene rings is 2. The molecule has 0 spiro atoms. The minimum Gasteiger partial charge on any atom is -0.467 e. The summed E-state index contributed by atoms with van der Waals surface area (Å²) in [6, 6.07) is 13.9. The van der Waals surface area contributed by atoms with Crippen molar-refractivity contribution < 1.29 is 22.8 Å². The fraction of sp³-hybridized carbons (Fsp3) is 0.182. The average Bonchev–Trinajstić information content (AvgIpc) is 3.41. The van der Waals surface area contributed by atoms with Crippen LogP contribution in [0.15, 0.2) is 65.3 Å². The summed E-state index contributed by atoms with van der Waals surface area (Å²) < 4.78 is 32.3. The number of rotatable bonds is 5. The molecule has 3 aromatic rings. The Morgan fingerprint density at radius 3 is 2.67 bits per heavy atom. The van der Waals surface area contributed by atoms with Gasteiger partial charge in [-0.3, -0.25) is 9.59 Å². The SMILES string of the molecule is O=C(NC[C@H](c1ccco1)N1CCc2ccccc21)C(=O)Nc1ccc(F)cc1F. The molecule has 0 unspecified atom stereocenters. The van der Waals surface area contributed by atoms with Gasteiger partial charge in [0.25, 0.3) is 0 Å². The third-order valence-electron chi connectivity index (χ3n) is 5.01. The Hall–Kier alpha value is -3.68. The van der Waals surface area contributed by atoms with E-state index < -0.39 is 23.4 Å². The van der Waals surface area contributed by atoms with Crippen molar-refractivity contribution in [2.75, 3.05) is 23.3 Å². The van der Waals surface area contributed by atoms with Gasteiger partial charge in [-0.25, -0.2) is 8.78 Å². The Labute approximate surface area is 171 Å². The van der Waals surface area contributed by atoms with E-state index in [0.29, 0.717) is 11.8 Å². The van der Waals surface area contributed by atoms with Gasteiger partial charge in [-0.15, -0.1) is 0 Å². The molecule has 1 atom stereocenters. The van der Waals surface area contributed by atoms with E-state index in [0.717, 1.165) is 30.8 Å². The first-order valence-electron chi connectivity index (χ1n) is 9.45. The number of anilines is 2. The second-order valence-electron chi connectivity index (χ2n) is 6.89. The van der Waals surface area contributed by atoms with E-state index in [9.17, 15) is 18.4 Å². The lowest BCUT2D eigenvalue weighted by Crippen LogP contribution is -2.41. The van der Waals surface area contributed by atoms with Gasteiger partial charge in [-0.2, -0.15) is 0 Å². The number of para-hydroxylation sites is 1. The molecule has 0 fully saturated rings. The monoisotopic (exact) mass is 411 g/mol. The summed E-state index contributed by atoms with van der Waals surface area (Å²) in [5.41, 5.74) is 1.98. The first-order chi connectivity index (χ1) is 14.5. The minimum absolute atomic E-state index is 0.111. The third kappa shape index (κ3) is 4.03. The lowest BCUT2D eigenvalue weighted by Gasteiger charge is -2.29. The number of furan rings is 1. The number of halogens is 2. The van der Waals surface area contributed by atoms with Crippen molar-refractivity contribution in [1.29, 1.82) is 0 Å². The highest BCUT2D eigenvalue weighted by molar-refractivity contribution is 6.39. The summed E-state index contributed by atoms with van der Waals surface area (Å²) in [5.74, 6) is -3.05. The van der Waals surface area contributed by atoms with Crippen molar-refractivity contribution in [2.45, 2.75) is 12.5 Å². The molecule has 2 N–H and O–H groups in total. The molecule has 0 bridgehead atoms. The average molecular weight is 411 g/mol. The van der Waals surface area contributed by atoms with E-state index in [1.807, 2.05) is 24.3 Å². The quantitative estimate of drug-likeness (QED) is 0.631. The van der Waals surface area contributed by atoms with E-state index >= 15 is 0 Å². The van der Waals surface area contributed by atoms with Gasteiger partial charge in [-0.05, 0) is 42.3 Å². The smallest absolute Gasteiger partial charge is 0.313 e. The molecule has 4 rings (SSSR count). The van der Waals surface area contributed by atoms with Crippen LogP contribution in [0.4, 0.5) is 20.2 Å². The van der Waals surface area contributed by atoms with Crippen LogP contribution in [0.3, 0.4) is 0 Å². The molecule has 0 aliphatic carbocycles. The number of hydrogen-bond acceptors (Lipinski definition) is 4. The number of carbonyl (C=O) groups is 2. The van der Waals surface area contributed by atoms with Crippen LogP contribution >= 0.6 is 0 Å². The van der Waals surface area contributed by atoms with Gasteiger partial charge in [0, 0.05) is 24.8 Å². The Morgan fingerprint density at radius 2 is 1.90 bits per heavy atom. The molecular formula is C22H19F2N3O3. The topological polar surface area (TPSA) is 74.6 Å². The van der Waals surface area contributed by atoms with Crippen LogP contribution in [0.5, 0.6) is 0 Å². The van der Waals surface area contributed by atoms with E-state index in [4.69, 9.17) is 4.42 Å². The summed E-state index contributed by atoms with van der Waals surface area (Å²) in [6.45, 7) is 0.855. The molecular weight excluding hydrogens is 392 g/mol. The van der Waals surface area contributed by atoms with Gasteiger partial charge < -0.3 is 20.0 Å². The number of hydrogen-bond donors (Lipinski definition) is 2. The molecule has 1 aliphatic rings. The van der Waals surface area contributed by atoms with Crippen molar-refractivity contribution in [3.05, 3.63) is 83.8 Å². The first kappa shape index (κ1) is 19.6. The summed E-state index contributed by atoms with van der Waals surface area (Å²) in [5, 5.41) is 4.73. The number of amides is 2. The fourth-order valence-electron chi connectivity index (χ4n) is 3.57. The maximum absolute atomic E-state index is 13.7. The number of fused-ring (bicyclic) bond motifs is 1. The molecule has 30 heavy (non-hydrogen) atoms. The molecule has 1 aliphatic heterocycles. The molecule has 2 heterocycles. The van der Waals surface area contributed by atoms with Crippen LogP contribution in [0, 0.1) is 11.6 Å². The summed E-state index contributed by atoms with van der Waals surface area (Å²) in [6.07, 6.45) is 2.42. The van der Waals surface area contributed by atoms with Gasteiger partial charge in [0.15, 0.2) is 0 Å². The highest BCUT2D eigenvalue weighted by Gasteiger charge is 2.29. The second-order valence-corrected chi connectivity index (χ2v) is 6.89. The third-order valence-corrected chi connectivity index (χ3v) is 5.01. The zero-order chi connectivity index (χ0) is 21.1. The maximum Gasteiger partial charge on any atom is 0.313 e. The Morgan fingerprint density at radius 1 is 1.07 bits per heavy atom. The molecule has 0 saturated heterocycles. The molecule has 154 valence electrons. The predicted molar refractivity (Wildman–Crippen MR) is 107 cm³/mol. The summed E-state index contributed by atoms with van der Waals surface area (Å²) in [4.78, 5) is 26.6. The fourth-order valence-corrected chi connectivity index (χ4v) is 3.57. The van der Waals surface area contributed by atoms with Gasteiger partial charge >= 0.3 is 11.8 Å². The van der Waals surface area contributed by atoms with Gasteiger partial charge in [0.2, 0.25) is 0 Å². The normalized spacial score (nSPS) is 13.6. The summed E-state index contributed by atoms with van der Waals surface area (Å²) in [7, 11) is 0. The van der Waals surface area contributed by atoms with Crippen LogP contribution in [-0.2, 0) is 16.0 Å². The molecule has 0 radical (unpaired) electrons. The molecule has 0 saturated carbocycles. The minimum atomic E-state index is -1.04. The van der Waals surface area contributed by atoms with Gasteiger partial charge in [0.05, 0.1) is 12.0 Å². The molecule has 6 nitrogen and oxygen atoms in total. The van der Waals surface area contributed by atoms with Crippen LogP contribution in [-0.4, -0.2) is 24.9 Å². The number of nitrogens with one attached hydrogen (secondary N) is 2. The first-order valence-corrected chi connectivity index (χ1v) is 9.45. The summed E-state index contributed by atoms with van der Waals surface area (Å²) >= 11 is 0. The van der Waals surface area contributed by atoms with Gasteiger partial charge in [0.1, 0.15) is 23.4 Å². The lowest BCUT2D eigenvalue weighted by atomic mass is 10.1. The van der Waals surface area contributed by atoms with Crippen LogP contribution in [0.2, 0.25) is 0 Å². The highest BCUT2D eigenvalue weighted by Crippen LogP contribution is 2.34. The van der Waals surface area contributed by atoms with Crippen LogP contribution in [0.25, 0.3) is 0 Å². The Bertz CT molecular complexity index is 1070. The lowest BCUT2D eigenvalue weighted by molar-refractivity contribution is -0.136. The molecule has 8 heteroatoms. The van der Waals surface area contributed by atoms with Crippen molar-refractivity contribution in [2.24, 2.45) is 0 Å². The maximum atomic E-state index is 13.7. The predicted octanol–water partition coefficient (Wildman–Crippen LogP) is 3.42. The van der Waals surface area contributed by atoms with Crippen molar-refractivity contribution >= 4 is 23.2 Å². The van der Waals surface area contributed by atoms with E-state index in [1.54, 1.807) is 12.3 Å². The van der Waals surface area contributed by atoms with E-state index in [1.165, 1.54) is 5.56 Å². The molecule has 2 aromatic carbocycles. The Balaban J connectivity index is 1.45. The zero-order valence-electron chi connectivity index (χ0n) is 15.9. The van der Waals surface area contributed by atoms with Crippen LogP contribution in [0.1, 0.15) is 17.4 Å². The molecule has 1 aromatic heterocycles. The van der Waals surface area contributed by atoms with Crippen LogP contribution < -0.4 is 15.5 Å². The van der Waals surface area contributed by atoms with Gasteiger partial charge in [-0.1, -0.05) is 18.2 Å². The largest absolute Gasteiger partial charge is 0.467 e. The Kier molecular flexibility index (Phi) is 5.47. The van der Waals surface area contributed by atoms with Crippen molar-refractivity contribution in [3.63, 3.8) is 0 Å². The molecule has 2 amide bonds. The van der Waals surface area contributed by atoms with Crippen molar-refractivity contribution in [1.82, 2.24) is 5.32 Å². The van der Waals surface area contributed by atoms with E-state index in [2.05, 4.69) is 21.6 Å². The standard InChI is InChI=1S/C22H19F2N3O3/c23-15-7-8-17(16(24)12-15)26-22(29)21(28)25-13-19(20-6-3-11-30-20)27-10-9-14-4-1-2-5-18(14)27/h1-8,11-12,19H,9-10,13H2,(H,25,28)(H,26,29)/t19-/m1/s1. The highest BCUT2D eigenvalue weighted by atomic mass is 19.1. The number of nitrogens with zero attached hydrogens (tertiary/aromatic N) is 1. The zero-order valence-corrected chi connectivity index (χ0v) is 15.9. The van der Waals surface area contributed by atoms with Crippen molar-refractivity contribution in [3.8, 4) is 0 Å². The second kappa shape index (κ2) is 8.36. The van der Waals surface area contributed by atoms with E-state index in [-0.39, 0.29) is 18.3 Å². The number of carbonyl (C=O) groups excluding carboxylic acids is 2.